The van der Waals surface area contributed by atoms with Crippen molar-refractivity contribution in [3.8, 4) is 0 Å². The topological polar surface area (TPSA) is 69.2 Å². The van der Waals surface area contributed by atoms with Crippen molar-refractivity contribution in [2.75, 3.05) is 0 Å². The van der Waals surface area contributed by atoms with Crippen LogP contribution in [0.3, 0.4) is 0 Å². The van der Waals surface area contributed by atoms with Crippen LogP contribution in [0.25, 0.3) is 0 Å². The maximum atomic E-state index is 7.72. The van der Waals surface area contributed by atoms with Crippen molar-refractivity contribution in [2.45, 2.75) is 0 Å². The molecule has 0 saturated heterocycles. The number of rotatable bonds is 0. The molecule has 0 aromatic heterocycles. The predicted octanol–water partition coefficient (Wildman–Crippen LogP) is -4.88. The molecule has 0 heterocycles. The zero-order chi connectivity index (χ0) is 6.00. The first-order valence-electron chi connectivity index (χ1n) is 0.463. The molecule has 0 bridgehead atoms. The molecule has 0 radical (unpaired) electrons. The van der Waals surface area contributed by atoms with Gasteiger partial charge in [0, 0.05) is 0 Å². The summed E-state index contributed by atoms with van der Waals surface area (Å²) in [6.45, 7) is 0. The largest absolute Gasteiger partial charge is 2.00 e. The third-order valence-corrected chi connectivity index (χ3v) is 0. The fourth-order valence-electron chi connectivity index (χ4n) is 0. The summed E-state index contributed by atoms with van der Waals surface area (Å²) in [5.74, 6) is 0. The fourth-order valence-corrected chi connectivity index (χ4v) is 0. The van der Waals surface area contributed by atoms with E-state index in [1.54, 1.807) is 0 Å². The molecule has 8 heavy (non-hydrogen) atoms. The van der Waals surface area contributed by atoms with E-state index in [1.165, 1.54) is 0 Å². The standard InChI is InChI=1S/Ba.3ClO.Na/c;3*1-2;/q+2;3*-1;+1. The van der Waals surface area contributed by atoms with Crippen LogP contribution in [0, 0.1) is 0 Å². The molecule has 0 aliphatic carbocycles. The molecule has 0 amide bonds. The molecule has 3 nitrogen and oxygen atoms in total. The molecule has 42 valence electrons. The van der Waals surface area contributed by atoms with E-state index in [2.05, 4.69) is 35.6 Å². The van der Waals surface area contributed by atoms with Crippen LogP contribution >= 0.6 is 35.6 Å². The Labute approximate surface area is 125 Å². The summed E-state index contributed by atoms with van der Waals surface area (Å²) < 4.78 is 23.2. The van der Waals surface area contributed by atoms with E-state index < -0.39 is 0 Å². The van der Waals surface area contributed by atoms with Crippen molar-refractivity contribution < 1.29 is 43.5 Å². The van der Waals surface area contributed by atoms with Crippen molar-refractivity contribution in [2.24, 2.45) is 0 Å². The van der Waals surface area contributed by atoms with Gasteiger partial charge in [-0.05, 0) is 0 Å². The Balaban J connectivity index is -0.00000000500. The summed E-state index contributed by atoms with van der Waals surface area (Å²) in [4.78, 5) is 0. The van der Waals surface area contributed by atoms with Gasteiger partial charge in [-0.15, -0.1) is 0 Å². The third-order valence-electron chi connectivity index (χ3n) is 0. The van der Waals surface area contributed by atoms with Gasteiger partial charge in [-0.25, -0.2) is 35.6 Å². The van der Waals surface area contributed by atoms with Crippen molar-refractivity contribution >= 4 is 84.5 Å². The molecule has 0 spiro atoms. The molecule has 0 aliphatic heterocycles. The number of hydrogen-bond acceptors (Lipinski definition) is 3. The van der Waals surface area contributed by atoms with E-state index >= 15 is 0 Å². The Kier molecular flexibility index (Phi) is 307. The molecule has 0 aliphatic rings. The Bertz CT molecular complexity index is 14.5. The van der Waals surface area contributed by atoms with Crippen LogP contribution in [0.15, 0.2) is 0 Å². The average molecular weight is 315 g/mol. The summed E-state index contributed by atoms with van der Waals surface area (Å²) in [5, 5.41) is 0. The summed E-state index contributed by atoms with van der Waals surface area (Å²) in [5.41, 5.74) is 0. The molecule has 0 N–H and O–H groups in total. The number of halogens is 3. The molecule has 0 unspecified atom stereocenters. The predicted molar refractivity (Wildman–Crippen MR) is 23.3 cm³/mol. The number of hydrogen-bond donors (Lipinski definition) is 0. The fraction of sp³-hybridized carbons (Fsp3) is 0. The zero-order valence-corrected chi connectivity index (χ0v) is 12.8. The second-order valence-electron chi connectivity index (χ2n) is 0. The Morgan fingerprint density at radius 3 is 0.625 bits per heavy atom. The van der Waals surface area contributed by atoms with Gasteiger partial charge in [0.1, 0.15) is 0 Å². The van der Waals surface area contributed by atoms with Gasteiger partial charge < -0.3 is 14.0 Å². The van der Waals surface area contributed by atoms with Gasteiger partial charge in [-0.2, -0.15) is 0 Å². The maximum absolute atomic E-state index is 7.72. The summed E-state index contributed by atoms with van der Waals surface area (Å²) in [6, 6.07) is 0. The van der Waals surface area contributed by atoms with Crippen LogP contribution in [0.4, 0.5) is 0 Å². The molecule has 0 rings (SSSR count). The molecular weight excluding hydrogens is 315 g/mol. The first-order chi connectivity index (χ1) is 3.00. The minimum Gasteiger partial charge on any atom is -0.769 e. The Hall–Kier alpha value is 3.32. The molecule has 0 atom stereocenters. The third kappa shape index (κ3) is 58.5. The van der Waals surface area contributed by atoms with Gasteiger partial charge in [0.2, 0.25) is 0 Å². The van der Waals surface area contributed by atoms with Crippen LogP contribution in [0.1, 0.15) is 0 Å². The normalized spacial score (nSPS) is 2.25. The van der Waals surface area contributed by atoms with Gasteiger partial charge in [-0.1, -0.05) is 0 Å². The van der Waals surface area contributed by atoms with Crippen LogP contribution in [0.2, 0.25) is 0 Å². The Morgan fingerprint density at radius 1 is 0.625 bits per heavy atom. The molecule has 0 saturated carbocycles. The molecule has 0 fully saturated rings. The van der Waals surface area contributed by atoms with Crippen LogP contribution in [-0.4, -0.2) is 48.9 Å². The van der Waals surface area contributed by atoms with Gasteiger partial charge in [0.05, 0.1) is 0 Å². The quantitative estimate of drug-likeness (QED) is 0.421. The first-order valence-corrected chi connectivity index (χ1v) is 1.39. The van der Waals surface area contributed by atoms with Crippen molar-refractivity contribution in [1.82, 2.24) is 0 Å². The van der Waals surface area contributed by atoms with Gasteiger partial charge in [0.25, 0.3) is 0 Å². The molecule has 8 heteroatoms. The van der Waals surface area contributed by atoms with E-state index in [0.717, 1.165) is 0 Å². The summed E-state index contributed by atoms with van der Waals surface area (Å²) in [7, 11) is 0. The van der Waals surface area contributed by atoms with Crippen molar-refractivity contribution in [1.29, 1.82) is 0 Å². The SMILES string of the molecule is [Ba+2].[Na+].[O-]Cl.[O-]Cl.[O-]Cl. The van der Waals surface area contributed by atoms with E-state index in [-0.39, 0.29) is 78.4 Å². The van der Waals surface area contributed by atoms with Gasteiger partial charge in [-0.3, -0.25) is 0 Å². The van der Waals surface area contributed by atoms with Crippen molar-refractivity contribution in [3.05, 3.63) is 0 Å². The van der Waals surface area contributed by atoms with E-state index in [9.17, 15) is 0 Å². The van der Waals surface area contributed by atoms with E-state index in [0.29, 0.717) is 0 Å². The van der Waals surface area contributed by atoms with Crippen molar-refractivity contribution in [3.63, 3.8) is 0 Å². The average Bonchev–Trinajstić information content (AvgIpc) is 1.81. The maximum Gasteiger partial charge on any atom is 2.00 e. The first kappa shape index (κ1) is 30.2. The second kappa shape index (κ2) is 81.3. The smallest absolute Gasteiger partial charge is 0.769 e. The second-order valence-corrected chi connectivity index (χ2v) is 0. The summed E-state index contributed by atoms with van der Waals surface area (Å²) in [6.07, 6.45) is 0. The van der Waals surface area contributed by atoms with E-state index in [1.807, 2.05) is 0 Å². The van der Waals surface area contributed by atoms with Gasteiger partial charge >= 0.3 is 78.4 Å². The van der Waals surface area contributed by atoms with Crippen LogP contribution < -0.4 is 43.5 Å². The Morgan fingerprint density at radius 2 is 0.625 bits per heavy atom. The van der Waals surface area contributed by atoms with E-state index in [4.69, 9.17) is 14.0 Å². The van der Waals surface area contributed by atoms with Gasteiger partial charge in [0.15, 0.2) is 0 Å². The minimum atomic E-state index is 0. The van der Waals surface area contributed by atoms with Crippen LogP contribution in [0.5, 0.6) is 0 Å². The monoisotopic (exact) mass is 314 g/mol. The molecule has 0 aromatic carbocycles. The zero-order valence-electron chi connectivity index (χ0n) is 4.07. The molecular formula is BaCl3NaO3. The minimum absolute atomic E-state index is 0. The molecule has 0 aromatic rings. The van der Waals surface area contributed by atoms with Crippen LogP contribution in [-0.2, 0) is 0 Å². The summed E-state index contributed by atoms with van der Waals surface area (Å²) >= 11 is 10.2.